The maximum absolute atomic E-state index is 13.4. The van der Waals surface area contributed by atoms with Crippen molar-refractivity contribution in [1.82, 2.24) is 0 Å². The van der Waals surface area contributed by atoms with E-state index in [2.05, 4.69) is 15.9 Å². The first kappa shape index (κ1) is 25.5. The molecule has 1 aromatic rings. The molecule has 5 nitrogen and oxygen atoms in total. The van der Waals surface area contributed by atoms with Gasteiger partial charge in [0.25, 0.3) is 0 Å². The summed E-state index contributed by atoms with van der Waals surface area (Å²) in [5, 5.41) is 33.5. The van der Waals surface area contributed by atoms with Gasteiger partial charge in [0.15, 0.2) is 11.6 Å². The largest absolute Gasteiger partial charge is 0.512 e. The second kappa shape index (κ2) is 8.30. The van der Waals surface area contributed by atoms with E-state index in [1.807, 2.05) is 54.5 Å². The first-order valence-electron chi connectivity index (χ1n) is 11.4. The smallest absolute Gasteiger partial charge is 0.163 e. The molecule has 3 rings (SSSR count). The van der Waals surface area contributed by atoms with E-state index < -0.39 is 22.2 Å². The summed E-state index contributed by atoms with van der Waals surface area (Å²) in [4.78, 5) is 26.7. The van der Waals surface area contributed by atoms with Crippen LogP contribution in [0, 0.1) is 10.8 Å². The molecule has 0 bridgehead atoms. The first-order chi connectivity index (χ1) is 14.9. The number of phenolic OH excluding ortho intramolecular Hbond substituents is 1. The fourth-order valence-electron chi connectivity index (χ4n) is 5.13. The van der Waals surface area contributed by atoms with E-state index in [1.54, 1.807) is 6.07 Å². The number of phenols is 1. The number of ketones is 2. The number of halogens is 1. The van der Waals surface area contributed by atoms with Crippen LogP contribution in [0.15, 0.2) is 39.3 Å². The van der Waals surface area contributed by atoms with Crippen LogP contribution in [-0.4, -0.2) is 26.9 Å². The number of carbonyl (C=O) groups is 2. The molecule has 0 aromatic heterocycles. The summed E-state index contributed by atoms with van der Waals surface area (Å²) in [6, 6.07) is 3.49. The monoisotopic (exact) mass is 518 g/mol. The molecule has 0 saturated heterocycles. The summed E-state index contributed by atoms with van der Waals surface area (Å²) >= 11 is 3.51. The van der Waals surface area contributed by atoms with Gasteiger partial charge in [0.2, 0.25) is 0 Å². The minimum atomic E-state index is -1.05. The predicted octanol–water partition coefficient (Wildman–Crippen LogP) is 6.94. The Hall–Kier alpha value is -2.08. The summed E-state index contributed by atoms with van der Waals surface area (Å²) < 4.78 is 0.678. The molecule has 0 unspecified atom stereocenters. The highest BCUT2D eigenvalue weighted by molar-refractivity contribution is 9.10. The lowest BCUT2D eigenvalue weighted by molar-refractivity contribution is -0.119. The third-order valence-electron chi connectivity index (χ3n) is 6.59. The number of aliphatic hydroxyl groups is 2. The number of rotatable bonds is 3. The van der Waals surface area contributed by atoms with Crippen molar-refractivity contribution in [3.05, 3.63) is 50.4 Å². The minimum Gasteiger partial charge on any atom is -0.512 e. The van der Waals surface area contributed by atoms with E-state index in [1.165, 1.54) is 0 Å². The molecule has 6 heteroatoms. The van der Waals surface area contributed by atoms with E-state index in [0.717, 1.165) is 0 Å². The zero-order valence-electron chi connectivity index (χ0n) is 20.6. The van der Waals surface area contributed by atoms with Gasteiger partial charge in [0.1, 0.15) is 17.3 Å². The van der Waals surface area contributed by atoms with Gasteiger partial charge in [-0.25, -0.2) is 0 Å². The van der Waals surface area contributed by atoms with Crippen molar-refractivity contribution in [3.63, 3.8) is 0 Å². The molecule has 0 saturated carbocycles. The van der Waals surface area contributed by atoms with Gasteiger partial charge in [-0.1, -0.05) is 64.4 Å². The van der Waals surface area contributed by atoms with Crippen LogP contribution in [0.5, 0.6) is 5.75 Å². The SMILES string of the molecule is CC1(C)CC(=O)C(C(C2=C(O)CC(C)(C)CC2=O)c2cc(Br)cc(C(C)(C)C)c2O)=C(O)C1. The second-order valence-electron chi connectivity index (χ2n) is 12.2. The Bertz CT molecular complexity index is 1030. The van der Waals surface area contributed by atoms with Crippen molar-refractivity contribution < 1.29 is 24.9 Å². The number of benzene rings is 1. The number of aliphatic hydroxyl groups excluding tert-OH is 2. The van der Waals surface area contributed by atoms with Crippen molar-refractivity contribution in [2.24, 2.45) is 10.8 Å². The number of hydrogen-bond donors (Lipinski definition) is 3. The fourth-order valence-corrected chi connectivity index (χ4v) is 5.60. The molecule has 1 aromatic carbocycles. The van der Waals surface area contributed by atoms with Gasteiger partial charge in [0, 0.05) is 52.4 Å². The summed E-state index contributed by atoms with van der Waals surface area (Å²) in [5.41, 5.74) is -0.0886. The van der Waals surface area contributed by atoms with Gasteiger partial charge in [0.05, 0.1) is 5.92 Å². The second-order valence-corrected chi connectivity index (χ2v) is 13.1. The topological polar surface area (TPSA) is 94.8 Å². The highest BCUT2D eigenvalue weighted by Crippen LogP contribution is 2.51. The standard InChI is InChI=1S/C27H35BrO5/c1-25(2,3)16-9-14(28)8-15(24(16)33)21(22-17(29)10-26(4,5)11-18(22)30)23-19(31)12-27(6,7)13-20(23)32/h8-9,21,29,31,33H,10-13H2,1-7H3. The van der Waals surface area contributed by atoms with E-state index in [9.17, 15) is 24.9 Å². The van der Waals surface area contributed by atoms with Gasteiger partial charge in [-0.2, -0.15) is 0 Å². The molecule has 0 radical (unpaired) electrons. The molecule has 0 heterocycles. The molecular formula is C27H35BrO5. The molecule has 2 aliphatic rings. The number of aromatic hydroxyl groups is 1. The fraction of sp³-hybridized carbons (Fsp3) is 0.556. The Labute approximate surface area is 204 Å². The highest BCUT2D eigenvalue weighted by atomic mass is 79.9. The summed E-state index contributed by atoms with van der Waals surface area (Å²) in [7, 11) is 0. The molecule has 0 fully saturated rings. The average Bonchev–Trinajstić information content (AvgIpc) is 2.58. The van der Waals surface area contributed by atoms with Crippen molar-refractivity contribution in [2.75, 3.05) is 0 Å². The summed E-state index contributed by atoms with van der Waals surface area (Å²) in [6.45, 7) is 13.5. The van der Waals surface area contributed by atoms with Crippen LogP contribution in [0.4, 0.5) is 0 Å². The van der Waals surface area contributed by atoms with E-state index >= 15 is 0 Å². The normalized spacial score (nSPS) is 21.2. The van der Waals surface area contributed by atoms with E-state index in [0.29, 0.717) is 15.6 Å². The predicted molar refractivity (Wildman–Crippen MR) is 133 cm³/mol. The van der Waals surface area contributed by atoms with Crippen molar-refractivity contribution >= 4 is 27.5 Å². The quantitative estimate of drug-likeness (QED) is 0.402. The lowest BCUT2D eigenvalue weighted by Crippen LogP contribution is -2.33. The highest BCUT2D eigenvalue weighted by Gasteiger charge is 2.45. The number of Topliss-reactive ketones (excluding diaryl/α,β-unsaturated/α-hetero) is 2. The Morgan fingerprint density at radius 3 is 1.61 bits per heavy atom. The maximum atomic E-state index is 13.4. The van der Waals surface area contributed by atoms with E-state index in [4.69, 9.17) is 0 Å². The minimum absolute atomic E-state index is 0.0356. The van der Waals surface area contributed by atoms with Crippen LogP contribution in [0.2, 0.25) is 0 Å². The molecule has 0 amide bonds. The summed E-state index contributed by atoms with van der Waals surface area (Å²) in [5.74, 6) is -1.80. The first-order valence-corrected chi connectivity index (χ1v) is 12.2. The van der Waals surface area contributed by atoms with Gasteiger partial charge in [-0.05, 0) is 28.4 Å². The van der Waals surface area contributed by atoms with Crippen LogP contribution in [0.25, 0.3) is 0 Å². The third-order valence-corrected chi connectivity index (χ3v) is 7.05. The molecule has 0 aliphatic heterocycles. The Morgan fingerprint density at radius 1 is 0.818 bits per heavy atom. The van der Waals surface area contributed by atoms with Gasteiger partial charge in [-0.3, -0.25) is 9.59 Å². The van der Waals surface area contributed by atoms with Crippen molar-refractivity contribution in [1.29, 1.82) is 0 Å². The Balaban J connectivity index is 2.38. The van der Waals surface area contributed by atoms with Crippen molar-refractivity contribution in [2.45, 2.75) is 85.5 Å². The van der Waals surface area contributed by atoms with E-state index in [-0.39, 0.29) is 65.7 Å². The lowest BCUT2D eigenvalue weighted by Gasteiger charge is -2.37. The van der Waals surface area contributed by atoms with Gasteiger partial charge in [-0.15, -0.1) is 0 Å². The van der Waals surface area contributed by atoms with Crippen molar-refractivity contribution in [3.8, 4) is 5.75 Å². The number of carbonyl (C=O) groups excluding carboxylic acids is 2. The lowest BCUT2D eigenvalue weighted by atomic mass is 9.66. The maximum Gasteiger partial charge on any atom is 0.163 e. The molecule has 3 N–H and O–H groups in total. The molecule has 180 valence electrons. The zero-order valence-corrected chi connectivity index (χ0v) is 22.2. The van der Waals surface area contributed by atoms with Crippen LogP contribution in [-0.2, 0) is 15.0 Å². The Morgan fingerprint density at radius 2 is 1.24 bits per heavy atom. The van der Waals surface area contributed by atoms with Gasteiger partial charge >= 0.3 is 0 Å². The number of allylic oxidation sites excluding steroid dienone is 4. The molecule has 33 heavy (non-hydrogen) atoms. The Kier molecular flexibility index (Phi) is 6.42. The third kappa shape index (κ3) is 5.06. The molecule has 2 aliphatic carbocycles. The average molecular weight is 519 g/mol. The van der Waals surface area contributed by atoms with Crippen LogP contribution < -0.4 is 0 Å². The number of hydrogen-bond acceptors (Lipinski definition) is 5. The van der Waals surface area contributed by atoms with Gasteiger partial charge < -0.3 is 15.3 Å². The zero-order chi connectivity index (χ0) is 25.1. The van der Waals surface area contributed by atoms with Crippen LogP contribution >= 0.6 is 15.9 Å². The molecule has 0 atom stereocenters. The molecular weight excluding hydrogens is 484 g/mol. The summed E-state index contributed by atoms with van der Waals surface area (Å²) in [6.07, 6.45) is 0.966. The van der Waals surface area contributed by atoms with Crippen LogP contribution in [0.3, 0.4) is 0 Å². The molecule has 0 spiro atoms. The van der Waals surface area contributed by atoms with Crippen LogP contribution in [0.1, 0.15) is 91.2 Å².